The van der Waals surface area contributed by atoms with Crippen LogP contribution >= 0.6 is 23.2 Å². The van der Waals surface area contributed by atoms with Crippen molar-refractivity contribution in [2.75, 3.05) is 30.3 Å². The summed E-state index contributed by atoms with van der Waals surface area (Å²) in [6.45, 7) is 1.21. The largest absolute Gasteiger partial charge is 0.368 e. The Labute approximate surface area is 189 Å². The van der Waals surface area contributed by atoms with E-state index in [-0.39, 0.29) is 17.9 Å². The molecule has 10 heteroatoms. The first-order valence-electron chi connectivity index (χ1n) is 9.73. The second-order valence-corrected chi connectivity index (χ2v) is 7.67. The molecule has 0 aromatic heterocycles. The summed E-state index contributed by atoms with van der Waals surface area (Å²) in [6, 6.07) is 10.6. The summed E-state index contributed by atoms with van der Waals surface area (Å²) in [6.07, 6.45) is 1.22. The van der Waals surface area contributed by atoms with Crippen LogP contribution in [0.2, 0.25) is 10.0 Å². The number of benzene rings is 2. The Morgan fingerprint density at radius 3 is 2.42 bits per heavy atom. The number of hydrogen-bond acceptors (Lipinski definition) is 4. The van der Waals surface area contributed by atoms with Gasteiger partial charge in [0.05, 0.1) is 10.7 Å². The molecule has 1 aliphatic rings. The second kappa shape index (κ2) is 11.0. The number of carbonyl (C=O) groups is 3. The molecule has 4 amide bonds. The second-order valence-electron chi connectivity index (χ2n) is 6.83. The highest BCUT2D eigenvalue weighted by molar-refractivity contribution is 6.35. The summed E-state index contributed by atoms with van der Waals surface area (Å²) >= 11 is 11.9. The Bertz CT molecular complexity index is 947. The summed E-state index contributed by atoms with van der Waals surface area (Å²) in [5, 5.41) is 11.5. The number of nitrogens with one attached hydrogen (secondary N) is 4. The Balaban J connectivity index is 1.42. The Morgan fingerprint density at radius 1 is 0.968 bits per heavy atom. The zero-order valence-corrected chi connectivity index (χ0v) is 18.1. The Hall–Kier alpha value is -2.81. The topological polar surface area (TPSA) is 109 Å². The van der Waals surface area contributed by atoms with Gasteiger partial charge in [0.2, 0.25) is 5.91 Å². The van der Waals surface area contributed by atoms with Gasteiger partial charge in [-0.1, -0.05) is 23.2 Å². The number of carbonyl (C=O) groups excluding carboxylic acids is 3. The minimum absolute atomic E-state index is 0.153. The van der Waals surface area contributed by atoms with E-state index in [1.54, 1.807) is 42.5 Å². The van der Waals surface area contributed by atoms with Crippen molar-refractivity contribution >= 4 is 52.4 Å². The van der Waals surface area contributed by atoms with Crippen molar-refractivity contribution in [2.45, 2.75) is 18.9 Å². The average molecular weight is 465 g/mol. The van der Waals surface area contributed by atoms with Gasteiger partial charge in [-0.2, -0.15) is 0 Å². The lowest BCUT2D eigenvalue weighted by Crippen LogP contribution is -2.39. The van der Waals surface area contributed by atoms with Gasteiger partial charge in [-0.05, 0) is 55.3 Å². The standard InChI is InChI=1S/C21H22Cl2N4O4/c22-14-5-8-16(23)17(12-14)27-21(30)26-15-6-3-13(4-7-15)19(28)24-9-10-25-20(29)18-2-1-11-31-18/h3-8,12,18H,1-2,9-11H2,(H,24,28)(H,25,29)(H2,26,27,30). The van der Waals surface area contributed by atoms with Crippen LogP contribution in [0.15, 0.2) is 42.5 Å². The third kappa shape index (κ3) is 6.85. The molecule has 0 aliphatic carbocycles. The molecular weight excluding hydrogens is 443 g/mol. The van der Waals surface area contributed by atoms with Gasteiger partial charge in [0, 0.05) is 36.0 Å². The third-order valence-corrected chi connectivity index (χ3v) is 5.08. The van der Waals surface area contributed by atoms with E-state index in [2.05, 4.69) is 21.3 Å². The molecular formula is C21H22Cl2N4O4. The lowest BCUT2D eigenvalue weighted by atomic mass is 10.2. The van der Waals surface area contributed by atoms with Gasteiger partial charge in [0.25, 0.3) is 5.91 Å². The van der Waals surface area contributed by atoms with Crippen molar-refractivity contribution in [1.29, 1.82) is 0 Å². The minimum atomic E-state index is -0.497. The molecule has 1 aliphatic heterocycles. The van der Waals surface area contributed by atoms with E-state index in [1.165, 1.54) is 0 Å². The lowest BCUT2D eigenvalue weighted by molar-refractivity contribution is -0.129. The van der Waals surface area contributed by atoms with Gasteiger partial charge in [0.15, 0.2) is 0 Å². The molecule has 8 nitrogen and oxygen atoms in total. The predicted molar refractivity (Wildman–Crippen MR) is 120 cm³/mol. The SMILES string of the molecule is O=C(Nc1ccc(C(=O)NCCNC(=O)C2CCCO2)cc1)Nc1cc(Cl)ccc1Cl. The van der Waals surface area contributed by atoms with E-state index in [9.17, 15) is 14.4 Å². The summed E-state index contributed by atoms with van der Waals surface area (Å²) < 4.78 is 5.30. The molecule has 0 saturated carbocycles. The van der Waals surface area contributed by atoms with Gasteiger partial charge < -0.3 is 26.0 Å². The average Bonchev–Trinajstić information content (AvgIpc) is 3.29. The molecule has 0 bridgehead atoms. The highest BCUT2D eigenvalue weighted by atomic mass is 35.5. The number of hydrogen-bond donors (Lipinski definition) is 4. The molecule has 164 valence electrons. The molecule has 2 aromatic carbocycles. The first-order valence-corrected chi connectivity index (χ1v) is 10.5. The third-order valence-electron chi connectivity index (χ3n) is 4.51. The molecule has 1 heterocycles. The number of rotatable bonds is 7. The summed E-state index contributed by atoms with van der Waals surface area (Å²) in [5.74, 6) is -0.437. The first-order chi connectivity index (χ1) is 14.9. The maximum Gasteiger partial charge on any atom is 0.323 e. The van der Waals surface area contributed by atoms with Gasteiger partial charge in [-0.15, -0.1) is 0 Å². The minimum Gasteiger partial charge on any atom is -0.368 e. The smallest absolute Gasteiger partial charge is 0.323 e. The van der Waals surface area contributed by atoms with Crippen molar-refractivity contribution in [3.63, 3.8) is 0 Å². The van der Waals surface area contributed by atoms with E-state index in [4.69, 9.17) is 27.9 Å². The van der Waals surface area contributed by atoms with Crippen LogP contribution in [0.25, 0.3) is 0 Å². The van der Waals surface area contributed by atoms with E-state index in [0.717, 1.165) is 12.8 Å². The molecule has 3 rings (SSSR count). The highest BCUT2D eigenvalue weighted by Gasteiger charge is 2.22. The van der Waals surface area contributed by atoms with Crippen LogP contribution in [0.5, 0.6) is 0 Å². The Kier molecular flexibility index (Phi) is 8.11. The van der Waals surface area contributed by atoms with E-state index < -0.39 is 6.03 Å². The number of ether oxygens (including phenoxy) is 1. The van der Waals surface area contributed by atoms with Crippen LogP contribution in [-0.4, -0.2) is 43.6 Å². The van der Waals surface area contributed by atoms with Crippen molar-refractivity contribution < 1.29 is 19.1 Å². The van der Waals surface area contributed by atoms with E-state index in [1.807, 2.05) is 0 Å². The number of anilines is 2. The van der Waals surface area contributed by atoms with Gasteiger partial charge in [0.1, 0.15) is 6.10 Å². The molecule has 0 radical (unpaired) electrons. The zero-order chi connectivity index (χ0) is 22.2. The number of urea groups is 1. The van der Waals surface area contributed by atoms with Crippen LogP contribution in [-0.2, 0) is 9.53 Å². The van der Waals surface area contributed by atoms with Crippen LogP contribution in [0.4, 0.5) is 16.2 Å². The van der Waals surface area contributed by atoms with Crippen molar-refractivity contribution in [2.24, 2.45) is 0 Å². The zero-order valence-electron chi connectivity index (χ0n) is 16.5. The fourth-order valence-corrected chi connectivity index (χ4v) is 3.28. The molecule has 4 N–H and O–H groups in total. The van der Waals surface area contributed by atoms with Gasteiger partial charge >= 0.3 is 6.03 Å². The molecule has 1 atom stereocenters. The normalized spacial score (nSPS) is 15.2. The van der Waals surface area contributed by atoms with Crippen LogP contribution in [0.1, 0.15) is 23.2 Å². The predicted octanol–water partition coefficient (Wildman–Crippen LogP) is 3.66. The van der Waals surface area contributed by atoms with Crippen molar-refractivity contribution in [1.82, 2.24) is 10.6 Å². The van der Waals surface area contributed by atoms with Crippen LogP contribution in [0.3, 0.4) is 0 Å². The van der Waals surface area contributed by atoms with E-state index >= 15 is 0 Å². The Morgan fingerprint density at radius 2 is 1.71 bits per heavy atom. The first kappa shape index (κ1) is 22.9. The monoisotopic (exact) mass is 464 g/mol. The summed E-state index contributed by atoms with van der Waals surface area (Å²) in [7, 11) is 0. The molecule has 0 spiro atoms. The van der Waals surface area contributed by atoms with E-state index in [0.29, 0.717) is 46.7 Å². The molecule has 1 saturated heterocycles. The fraction of sp³-hybridized carbons (Fsp3) is 0.286. The fourth-order valence-electron chi connectivity index (χ4n) is 2.94. The van der Waals surface area contributed by atoms with Gasteiger partial charge in [-0.25, -0.2) is 4.79 Å². The van der Waals surface area contributed by atoms with Crippen molar-refractivity contribution in [3.8, 4) is 0 Å². The highest BCUT2D eigenvalue weighted by Crippen LogP contribution is 2.25. The summed E-state index contributed by atoms with van der Waals surface area (Å²) in [4.78, 5) is 36.2. The quantitative estimate of drug-likeness (QED) is 0.468. The number of halogens is 2. The van der Waals surface area contributed by atoms with Gasteiger partial charge in [-0.3, -0.25) is 9.59 Å². The van der Waals surface area contributed by atoms with Crippen LogP contribution in [0, 0.1) is 0 Å². The maximum absolute atomic E-state index is 12.2. The number of amides is 4. The maximum atomic E-state index is 12.2. The summed E-state index contributed by atoms with van der Waals surface area (Å²) in [5.41, 5.74) is 1.31. The molecule has 2 aromatic rings. The van der Waals surface area contributed by atoms with Crippen molar-refractivity contribution in [3.05, 3.63) is 58.1 Å². The molecule has 1 fully saturated rings. The lowest BCUT2D eigenvalue weighted by Gasteiger charge is -2.11. The molecule has 31 heavy (non-hydrogen) atoms. The van der Waals surface area contributed by atoms with Crippen LogP contribution < -0.4 is 21.3 Å². The molecule has 1 unspecified atom stereocenters.